The van der Waals surface area contributed by atoms with Crippen molar-refractivity contribution in [3.8, 4) is 6.07 Å². The molecule has 4 nitrogen and oxygen atoms in total. The molecule has 5 heteroatoms. The number of rotatable bonds is 2. The van der Waals surface area contributed by atoms with Crippen LogP contribution in [-0.2, 0) is 4.74 Å². The summed E-state index contributed by atoms with van der Waals surface area (Å²) in [6, 6.07) is 7.98. The van der Waals surface area contributed by atoms with Crippen LogP contribution in [0.1, 0.15) is 12.5 Å². The number of anilines is 1. The lowest BCUT2D eigenvalue weighted by molar-refractivity contribution is 0.0276. The van der Waals surface area contributed by atoms with E-state index in [0.717, 1.165) is 23.2 Å². The van der Waals surface area contributed by atoms with Gasteiger partial charge in [-0.3, -0.25) is 0 Å². The maximum atomic E-state index is 9.20. The molecule has 0 aliphatic carbocycles. The van der Waals surface area contributed by atoms with Gasteiger partial charge < -0.3 is 15.4 Å². The van der Waals surface area contributed by atoms with Crippen LogP contribution in [0.2, 0.25) is 0 Å². The molecular weight excluding hydrogens is 294 g/mol. The molecule has 0 saturated carbocycles. The van der Waals surface area contributed by atoms with Crippen LogP contribution in [-0.4, -0.2) is 31.8 Å². The summed E-state index contributed by atoms with van der Waals surface area (Å²) in [6.45, 7) is 4.11. The predicted octanol–water partition coefficient (Wildman–Crippen LogP) is 1.87. The molecule has 1 saturated heterocycles. The van der Waals surface area contributed by atoms with Crippen molar-refractivity contribution in [3.05, 3.63) is 28.2 Å². The van der Waals surface area contributed by atoms with Gasteiger partial charge in [0.25, 0.3) is 0 Å². The minimum absolute atomic E-state index is 0.00576. The third-order valence-electron chi connectivity index (χ3n) is 3.10. The normalized spacial score (nSPS) is 21.4. The Morgan fingerprint density at radius 2 is 2.39 bits per heavy atom. The zero-order valence-corrected chi connectivity index (χ0v) is 11.9. The number of benzene rings is 1. The molecule has 1 heterocycles. The van der Waals surface area contributed by atoms with Crippen LogP contribution in [0.25, 0.3) is 0 Å². The van der Waals surface area contributed by atoms with Crippen molar-refractivity contribution in [1.29, 1.82) is 5.26 Å². The molecule has 2 N–H and O–H groups in total. The highest BCUT2D eigenvalue weighted by molar-refractivity contribution is 9.10. The maximum Gasteiger partial charge on any atom is 0.101 e. The second kappa shape index (κ2) is 5.70. The van der Waals surface area contributed by atoms with Gasteiger partial charge in [0.15, 0.2) is 0 Å². The molecular formula is C13H16BrN3O. The Labute approximate surface area is 115 Å². The summed E-state index contributed by atoms with van der Waals surface area (Å²) in [5.74, 6) is 0. The molecule has 1 fully saturated rings. The van der Waals surface area contributed by atoms with E-state index in [1.54, 1.807) is 0 Å². The first-order valence-electron chi connectivity index (χ1n) is 5.93. The quantitative estimate of drug-likeness (QED) is 0.906. The smallest absolute Gasteiger partial charge is 0.101 e. The third-order valence-corrected chi connectivity index (χ3v) is 3.59. The Balaban J connectivity index is 2.23. The molecule has 1 aromatic carbocycles. The van der Waals surface area contributed by atoms with Gasteiger partial charge in [-0.15, -0.1) is 0 Å². The molecule has 1 aliphatic heterocycles. The molecule has 0 spiro atoms. The lowest BCUT2D eigenvalue weighted by Crippen LogP contribution is -2.49. The van der Waals surface area contributed by atoms with Crippen LogP contribution in [0, 0.1) is 11.3 Å². The average molecular weight is 310 g/mol. The van der Waals surface area contributed by atoms with E-state index in [9.17, 15) is 5.26 Å². The first kappa shape index (κ1) is 13.3. The van der Waals surface area contributed by atoms with Crippen LogP contribution in [0.5, 0.6) is 0 Å². The molecule has 96 valence electrons. The molecule has 1 aliphatic rings. The number of nitrogens with two attached hydrogens (primary N) is 1. The maximum absolute atomic E-state index is 9.20. The fourth-order valence-corrected chi connectivity index (χ4v) is 2.45. The molecule has 2 unspecified atom stereocenters. The molecule has 0 aromatic heterocycles. The van der Waals surface area contributed by atoms with Crippen molar-refractivity contribution in [1.82, 2.24) is 0 Å². The third kappa shape index (κ3) is 2.83. The molecule has 0 bridgehead atoms. The van der Waals surface area contributed by atoms with E-state index in [1.165, 1.54) is 0 Å². The van der Waals surface area contributed by atoms with E-state index in [1.807, 2.05) is 25.1 Å². The molecule has 2 atom stereocenters. The minimum atomic E-state index is -0.00576. The van der Waals surface area contributed by atoms with Crippen LogP contribution in [0.15, 0.2) is 22.7 Å². The number of hydrogen-bond acceptors (Lipinski definition) is 4. The highest BCUT2D eigenvalue weighted by atomic mass is 79.9. The highest BCUT2D eigenvalue weighted by Crippen LogP contribution is 2.26. The number of ether oxygens (including phenoxy) is 1. The summed E-state index contributed by atoms with van der Waals surface area (Å²) in [7, 11) is 0. The Bertz CT molecular complexity index is 470. The molecule has 18 heavy (non-hydrogen) atoms. The molecule has 2 rings (SSSR count). The van der Waals surface area contributed by atoms with E-state index in [-0.39, 0.29) is 12.1 Å². The van der Waals surface area contributed by atoms with E-state index in [0.29, 0.717) is 12.2 Å². The molecule has 0 radical (unpaired) electrons. The Morgan fingerprint density at radius 3 is 3.06 bits per heavy atom. The first-order chi connectivity index (χ1) is 8.61. The summed E-state index contributed by atoms with van der Waals surface area (Å²) < 4.78 is 6.55. The van der Waals surface area contributed by atoms with Crippen molar-refractivity contribution in [2.75, 3.05) is 24.6 Å². The Morgan fingerprint density at radius 1 is 1.61 bits per heavy atom. The highest BCUT2D eigenvalue weighted by Gasteiger charge is 2.24. The standard InChI is InChI=1S/C13H16BrN3O/c1-9(16)13-8-17(4-5-18-13)12-3-2-11(14)6-10(12)7-15/h2-3,6,9,13H,4-5,8,16H2,1H3. The largest absolute Gasteiger partial charge is 0.373 e. The van der Waals surface area contributed by atoms with Crippen molar-refractivity contribution < 1.29 is 4.74 Å². The van der Waals surface area contributed by atoms with Crippen molar-refractivity contribution in [2.45, 2.75) is 19.1 Å². The van der Waals surface area contributed by atoms with Crippen LogP contribution in [0.3, 0.4) is 0 Å². The van der Waals surface area contributed by atoms with Gasteiger partial charge in [0.2, 0.25) is 0 Å². The van der Waals surface area contributed by atoms with Gasteiger partial charge in [0.05, 0.1) is 24.0 Å². The van der Waals surface area contributed by atoms with Gasteiger partial charge in [-0.25, -0.2) is 0 Å². The summed E-state index contributed by atoms with van der Waals surface area (Å²) in [5, 5.41) is 9.20. The van der Waals surface area contributed by atoms with Crippen LogP contribution < -0.4 is 10.6 Å². The number of nitriles is 1. The summed E-state index contributed by atoms with van der Waals surface area (Å²) in [6.07, 6.45) is 0.0222. The van der Waals surface area contributed by atoms with E-state index in [4.69, 9.17) is 10.5 Å². The lowest BCUT2D eigenvalue weighted by Gasteiger charge is -2.36. The minimum Gasteiger partial charge on any atom is -0.373 e. The summed E-state index contributed by atoms with van der Waals surface area (Å²) in [5.41, 5.74) is 7.51. The first-order valence-corrected chi connectivity index (χ1v) is 6.73. The SMILES string of the molecule is CC(N)C1CN(c2ccc(Br)cc2C#N)CCO1. The number of halogens is 1. The number of morpholine rings is 1. The van der Waals surface area contributed by atoms with Gasteiger partial charge in [0, 0.05) is 23.6 Å². The van der Waals surface area contributed by atoms with Crippen molar-refractivity contribution in [2.24, 2.45) is 5.73 Å². The van der Waals surface area contributed by atoms with Gasteiger partial charge >= 0.3 is 0 Å². The van der Waals surface area contributed by atoms with Gasteiger partial charge in [0.1, 0.15) is 6.07 Å². The lowest BCUT2D eigenvalue weighted by atomic mass is 10.1. The Kier molecular flexibility index (Phi) is 4.23. The van der Waals surface area contributed by atoms with Gasteiger partial charge in [-0.2, -0.15) is 5.26 Å². The fraction of sp³-hybridized carbons (Fsp3) is 0.462. The monoisotopic (exact) mass is 309 g/mol. The molecule has 1 aromatic rings. The average Bonchev–Trinajstić information content (AvgIpc) is 2.38. The summed E-state index contributed by atoms with van der Waals surface area (Å²) >= 11 is 3.38. The predicted molar refractivity (Wildman–Crippen MR) is 74.5 cm³/mol. The molecule has 0 amide bonds. The van der Waals surface area contributed by atoms with Crippen molar-refractivity contribution in [3.63, 3.8) is 0 Å². The second-order valence-corrected chi connectivity index (χ2v) is 5.40. The fourth-order valence-electron chi connectivity index (χ4n) is 2.09. The zero-order chi connectivity index (χ0) is 13.1. The van der Waals surface area contributed by atoms with E-state index >= 15 is 0 Å². The van der Waals surface area contributed by atoms with Gasteiger partial charge in [-0.05, 0) is 25.1 Å². The summed E-state index contributed by atoms with van der Waals surface area (Å²) in [4.78, 5) is 2.17. The van der Waals surface area contributed by atoms with Crippen LogP contribution in [0.4, 0.5) is 5.69 Å². The number of hydrogen-bond donors (Lipinski definition) is 1. The Hall–Kier alpha value is -1.09. The topological polar surface area (TPSA) is 62.3 Å². The van der Waals surface area contributed by atoms with E-state index in [2.05, 4.69) is 26.9 Å². The van der Waals surface area contributed by atoms with Gasteiger partial charge in [-0.1, -0.05) is 15.9 Å². The van der Waals surface area contributed by atoms with Crippen molar-refractivity contribution >= 4 is 21.6 Å². The second-order valence-electron chi connectivity index (χ2n) is 4.49. The zero-order valence-electron chi connectivity index (χ0n) is 10.3. The van der Waals surface area contributed by atoms with E-state index < -0.39 is 0 Å². The van der Waals surface area contributed by atoms with Crippen LogP contribution >= 0.6 is 15.9 Å². The number of nitrogens with zero attached hydrogens (tertiary/aromatic N) is 2.